The van der Waals surface area contributed by atoms with Crippen molar-refractivity contribution >= 4 is 51.6 Å². The summed E-state index contributed by atoms with van der Waals surface area (Å²) in [5.74, 6) is -1.59. The van der Waals surface area contributed by atoms with Crippen molar-refractivity contribution in [3.8, 4) is 5.69 Å². The van der Waals surface area contributed by atoms with Crippen LogP contribution in [0.1, 0.15) is 103 Å². The minimum absolute atomic E-state index is 0.0109. The molecule has 5 aliphatic heterocycles. The molecule has 2 aromatic carbocycles. The van der Waals surface area contributed by atoms with Gasteiger partial charge in [0, 0.05) is 132 Å². The second-order valence-electron chi connectivity index (χ2n) is 21.4. The van der Waals surface area contributed by atoms with Gasteiger partial charge in [0.25, 0.3) is 11.5 Å². The third kappa shape index (κ3) is 8.66. The van der Waals surface area contributed by atoms with Crippen molar-refractivity contribution in [2.24, 2.45) is 13.0 Å². The lowest BCUT2D eigenvalue weighted by atomic mass is 9.92. The number of nitrogens with one attached hydrogen (secondary N) is 2. The van der Waals surface area contributed by atoms with Gasteiger partial charge in [-0.1, -0.05) is 18.2 Å². The van der Waals surface area contributed by atoms with Crippen LogP contribution in [0.3, 0.4) is 0 Å². The number of halogens is 2. The quantitative estimate of drug-likeness (QED) is 0.142. The Morgan fingerprint density at radius 1 is 0.945 bits per heavy atom. The van der Waals surface area contributed by atoms with E-state index in [0.717, 1.165) is 97.4 Å². The predicted molar refractivity (Wildman–Crippen MR) is 275 cm³/mol. The van der Waals surface area contributed by atoms with Crippen LogP contribution in [0, 0.1) is 24.5 Å². The third-order valence-electron chi connectivity index (χ3n) is 17.0. The molecule has 8 heterocycles. The molecule has 3 aromatic heterocycles. The normalized spacial score (nSPS) is 22.2. The number of benzene rings is 2. The van der Waals surface area contributed by atoms with Gasteiger partial charge in [0.15, 0.2) is 0 Å². The molecule has 1 unspecified atom stereocenters. The number of anilines is 2. The highest BCUT2D eigenvalue weighted by Gasteiger charge is 2.61. The summed E-state index contributed by atoms with van der Waals surface area (Å²) in [5.41, 5.74) is 6.66. The fourth-order valence-corrected chi connectivity index (χ4v) is 12.6. The summed E-state index contributed by atoms with van der Waals surface area (Å²) in [4.78, 5) is 80.8. The van der Waals surface area contributed by atoms with Crippen LogP contribution < -0.4 is 21.1 Å². The van der Waals surface area contributed by atoms with Crippen molar-refractivity contribution in [1.29, 1.82) is 0 Å². The number of nitrogens with zero attached hydrogens (tertiary/aromatic N) is 8. The van der Waals surface area contributed by atoms with E-state index >= 15 is 4.39 Å². The molecule has 1 aliphatic carbocycles. The Balaban J connectivity index is 0.674. The number of hydrogen-bond acceptors (Lipinski definition) is 10. The minimum atomic E-state index is -0.851. The number of aryl methyl sites for hydroxylation is 2. The second kappa shape index (κ2) is 19.0. The molecule has 0 bridgehead atoms. The van der Waals surface area contributed by atoms with E-state index in [1.54, 1.807) is 30.4 Å². The predicted octanol–water partition coefficient (Wildman–Crippen LogP) is 6.44. The molecule has 6 aliphatic rings. The Morgan fingerprint density at radius 3 is 2.44 bits per heavy atom. The number of rotatable bonds is 11. The van der Waals surface area contributed by atoms with E-state index in [2.05, 4.69) is 62.4 Å². The number of carbonyl (C=O) groups excluding carboxylic acids is 4. The minimum Gasteiger partial charge on any atom is -0.386 e. The number of fused-ring (bicyclic) bond motifs is 3. The third-order valence-corrected chi connectivity index (χ3v) is 17.0. The molecule has 3 atom stereocenters. The van der Waals surface area contributed by atoms with E-state index in [4.69, 9.17) is 0 Å². The Morgan fingerprint density at radius 2 is 1.74 bits per heavy atom. The van der Waals surface area contributed by atoms with E-state index in [0.29, 0.717) is 73.4 Å². The van der Waals surface area contributed by atoms with Crippen molar-refractivity contribution in [3.05, 3.63) is 123 Å². The van der Waals surface area contributed by atoms with Gasteiger partial charge in [0.2, 0.25) is 23.5 Å². The summed E-state index contributed by atoms with van der Waals surface area (Å²) < 4.78 is 34.3. The van der Waals surface area contributed by atoms with Crippen LogP contribution in [0.5, 0.6) is 0 Å². The second-order valence-corrected chi connectivity index (χ2v) is 21.4. The number of piperidine rings is 2. The van der Waals surface area contributed by atoms with Gasteiger partial charge in [-0.25, -0.2) is 9.37 Å². The number of carbonyl (C=O) groups is 4. The zero-order chi connectivity index (χ0) is 51.0. The monoisotopic (exact) mass is 995 g/mol. The van der Waals surface area contributed by atoms with Crippen LogP contribution >= 0.6 is 0 Å². The van der Waals surface area contributed by atoms with Gasteiger partial charge in [0.05, 0.1) is 16.8 Å². The maximum Gasteiger partial charge on any atom is 0.293 e. The maximum absolute atomic E-state index is 16.2. The van der Waals surface area contributed by atoms with Crippen molar-refractivity contribution in [2.45, 2.75) is 95.8 Å². The summed E-state index contributed by atoms with van der Waals surface area (Å²) in [5, 5.41) is 5.87. The number of piperazine rings is 1. The smallest absolute Gasteiger partial charge is 0.293 e. The van der Waals surface area contributed by atoms with Crippen molar-refractivity contribution in [2.75, 3.05) is 69.6 Å². The van der Waals surface area contributed by atoms with Crippen LogP contribution in [-0.2, 0) is 33.4 Å². The van der Waals surface area contributed by atoms with Gasteiger partial charge >= 0.3 is 0 Å². The number of amides is 4. The molecule has 1 saturated carbocycles. The Hall–Kier alpha value is -6.56. The molecular formula is C56H64F2N10O5. The lowest BCUT2D eigenvalue weighted by molar-refractivity contribution is -0.135. The lowest BCUT2D eigenvalue weighted by Crippen LogP contribution is -2.54. The highest BCUT2D eigenvalue weighted by atomic mass is 19.1. The molecule has 3 saturated heterocycles. The molecule has 1 spiro atoms. The van der Waals surface area contributed by atoms with Gasteiger partial charge in [-0.2, -0.15) is 4.39 Å². The fourth-order valence-electron chi connectivity index (χ4n) is 12.6. The van der Waals surface area contributed by atoms with Crippen molar-refractivity contribution < 1.29 is 28.0 Å². The molecule has 4 fully saturated rings. The summed E-state index contributed by atoms with van der Waals surface area (Å²) in [7, 11) is 3.51. The van der Waals surface area contributed by atoms with Gasteiger partial charge in [0.1, 0.15) is 17.5 Å². The van der Waals surface area contributed by atoms with E-state index in [1.807, 2.05) is 41.6 Å². The maximum atomic E-state index is 16.2. The Kier molecular flexibility index (Phi) is 12.7. The standard InChI is InChI=1S/C56H64F2N10O5/c1-33-26-39(28-42(57)49(33)38-13-21-64(22-14-38)35(3)47-29-40-44(10-18-60-51(40)62(47)5)67-23-15-43(59-4)50(58)54(67)72)53(71)65-19-11-36(12-20-65)32-66-25-24-63(30-34(66)2)31-37-6-7-45-41(27-37)56(16-17-56)55(73)68(45)46-8-9-48(69)61-52(46)70/h6-7,10,13,15,18,23,26-29,34-36,46,59H,8-9,11-12,14,16-17,19-22,24-25,30-32H2,1-5H3,(H,61,69,70)/t34-,35-,46?/m0/s1. The van der Waals surface area contributed by atoms with Gasteiger partial charge in [-0.05, 0) is 124 Å². The molecule has 2 N–H and O–H groups in total. The Bertz CT molecular complexity index is 3150. The first-order valence-electron chi connectivity index (χ1n) is 26.0. The fraction of sp³-hybridized carbons (Fsp3) is 0.464. The molecule has 15 nitrogen and oxygen atoms in total. The molecule has 4 amide bonds. The summed E-state index contributed by atoms with van der Waals surface area (Å²) in [6.45, 7) is 13.4. The van der Waals surface area contributed by atoms with Crippen molar-refractivity contribution in [1.82, 2.24) is 39.0 Å². The highest BCUT2D eigenvalue weighted by Crippen LogP contribution is 2.58. The van der Waals surface area contributed by atoms with E-state index < -0.39 is 28.7 Å². The number of pyridine rings is 2. The van der Waals surface area contributed by atoms with Gasteiger partial charge < -0.3 is 14.8 Å². The average Bonchev–Trinajstić information content (AvgIpc) is 4.08. The molecule has 0 radical (unpaired) electrons. The summed E-state index contributed by atoms with van der Waals surface area (Å²) in [6, 6.07) is 14.4. The zero-order valence-electron chi connectivity index (χ0n) is 42.3. The summed E-state index contributed by atoms with van der Waals surface area (Å²) in [6.07, 6.45) is 9.83. The first kappa shape index (κ1) is 48.7. The van der Waals surface area contributed by atoms with Crippen LogP contribution in [0.15, 0.2) is 71.8 Å². The van der Waals surface area contributed by atoms with Gasteiger partial charge in [-0.3, -0.25) is 53.5 Å². The van der Waals surface area contributed by atoms with Crippen LogP contribution in [-0.4, -0.2) is 129 Å². The molecule has 5 aromatic rings. The topological polar surface area (TPSA) is 148 Å². The lowest BCUT2D eigenvalue weighted by Gasteiger charge is -2.42. The van der Waals surface area contributed by atoms with Crippen LogP contribution in [0.2, 0.25) is 0 Å². The SMILES string of the molecule is CNc1ccn(-c2ccnc3c2cc([C@H](C)N2CC=C(c4c(C)cc(C(=O)N5CCC(CN6CCN(Cc7ccc8c(c7)C7(CC7)C(=O)N8C7CCC(=O)NC7=O)C[C@@H]6C)CC5)cc4F)CC2)n3C)c(=O)c1F. The zero-order valence-corrected chi connectivity index (χ0v) is 42.3. The average molecular weight is 995 g/mol. The number of imide groups is 1. The van der Waals surface area contributed by atoms with E-state index in [1.165, 1.54) is 16.7 Å². The van der Waals surface area contributed by atoms with E-state index in [-0.39, 0.29) is 41.7 Å². The molecular weight excluding hydrogens is 931 g/mol. The molecule has 17 heteroatoms. The summed E-state index contributed by atoms with van der Waals surface area (Å²) >= 11 is 0. The van der Waals surface area contributed by atoms with E-state index in [9.17, 15) is 28.4 Å². The number of hydrogen-bond donors (Lipinski definition) is 2. The largest absolute Gasteiger partial charge is 0.386 e. The Labute approximate surface area is 423 Å². The van der Waals surface area contributed by atoms with Crippen LogP contribution in [0.25, 0.3) is 22.3 Å². The molecule has 11 rings (SSSR count). The molecule has 73 heavy (non-hydrogen) atoms. The number of aromatic nitrogens is 3. The highest BCUT2D eigenvalue weighted by molar-refractivity contribution is 6.15. The van der Waals surface area contributed by atoms with Gasteiger partial charge in [-0.15, -0.1) is 0 Å². The molecule has 382 valence electrons. The first-order chi connectivity index (χ1) is 35.1. The first-order valence-corrected chi connectivity index (χ1v) is 26.0. The number of likely N-dealkylation sites (tertiary alicyclic amines) is 1. The van der Waals surface area contributed by atoms with Crippen LogP contribution in [0.4, 0.5) is 20.2 Å². The van der Waals surface area contributed by atoms with Crippen molar-refractivity contribution in [3.63, 3.8) is 0 Å².